The summed E-state index contributed by atoms with van der Waals surface area (Å²) in [5, 5.41) is 12.9. The van der Waals surface area contributed by atoms with E-state index in [-0.39, 0.29) is 5.91 Å². The summed E-state index contributed by atoms with van der Waals surface area (Å²) in [7, 11) is 0. The number of anilines is 1. The van der Waals surface area contributed by atoms with Crippen LogP contribution in [-0.4, -0.2) is 41.2 Å². The van der Waals surface area contributed by atoms with E-state index in [0.29, 0.717) is 22.8 Å². The Labute approximate surface area is 200 Å². The summed E-state index contributed by atoms with van der Waals surface area (Å²) in [6, 6.07) is 12.8. The van der Waals surface area contributed by atoms with E-state index in [2.05, 4.69) is 10.2 Å². The maximum Gasteiger partial charge on any atom is 0.347 e. The molecule has 0 aromatic heterocycles. The zero-order chi connectivity index (χ0) is 24.2. The van der Waals surface area contributed by atoms with Crippen LogP contribution in [0.4, 0.5) is 5.69 Å². The maximum absolute atomic E-state index is 13.3. The Morgan fingerprint density at radius 3 is 2.27 bits per heavy atom. The lowest BCUT2D eigenvalue weighted by Crippen LogP contribution is -2.45. The number of piperidine rings is 1. The van der Waals surface area contributed by atoms with Gasteiger partial charge < -0.3 is 20.1 Å². The summed E-state index contributed by atoms with van der Waals surface area (Å²) >= 11 is 6.23. The summed E-state index contributed by atoms with van der Waals surface area (Å²) in [5.41, 5.74) is 0.703. The molecule has 7 heteroatoms. The van der Waals surface area contributed by atoms with Crippen molar-refractivity contribution >= 4 is 29.2 Å². The molecule has 1 saturated heterocycles. The number of carboxylic acids is 1. The highest BCUT2D eigenvalue weighted by atomic mass is 35.5. The molecule has 0 radical (unpaired) electrons. The fourth-order valence-electron chi connectivity index (χ4n) is 4.04. The zero-order valence-electron chi connectivity index (χ0n) is 19.8. The Morgan fingerprint density at radius 2 is 1.67 bits per heavy atom. The second-order valence-electron chi connectivity index (χ2n) is 9.79. The van der Waals surface area contributed by atoms with Crippen LogP contribution in [0.3, 0.4) is 0 Å². The molecule has 0 saturated carbocycles. The van der Waals surface area contributed by atoms with Gasteiger partial charge in [0.25, 0.3) is 5.91 Å². The lowest BCUT2D eigenvalue weighted by Gasteiger charge is -2.32. The van der Waals surface area contributed by atoms with Crippen molar-refractivity contribution < 1.29 is 19.4 Å². The third kappa shape index (κ3) is 6.64. The number of carbonyl (C=O) groups excluding carboxylic acids is 1. The van der Waals surface area contributed by atoms with Crippen molar-refractivity contribution in [2.24, 2.45) is 0 Å². The first-order valence-electron chi connectivity index (χ1n) is 11.4. The quantitative estimate of drug-likeness (QED) is 0.543. The Kier molecular flexibility index (Phi) is 7.58. The van der Waals surface area contributed by atoms with Crippen molar-refractivity contribution in [2.45, 2.75) is 64.5 Å². The van der Waals surface area contributed by atoms with Crippen molar-refractivity contribution in [2.75, 3.05) is 18.0 Å². The highest BCUT2D eigenvalue weighted by molar-refractivity contribution is 6.31. The average Bonchev–Trinajstić information content (AvgIpc) is 2.75. The number of ether oxygens (including phenoxy) is 1. The predicted molar refractivity (Wildman–Crippen MR) is 132 cm³/mol. The van der Waals surface area contributed by atoms with E-state index < -0.39 is 17.1 Å². The van der Waals surface area contributed by atoms with E-state index in [4.69, 9.17) is 16.3 Å². The molecule has 178 valence electrons. The van der Waals surface area contributed by atoms with Crippen LogP contribution < -0.4 is 15.0 Å². The number of aliphatic carboxylic acids is 1. The number of rotatable bonds is 8. The molecular weight excluding hydrogens is 440 g/mol. The molecule has 0 spiro atoms. The summed E-state index contributed by atoms with van der Waals surface area (Å²) in [6.45, 7) is 8.87. The molecule has 1 heterocycles. The number of amides is 1. The van der Waals surface area contributed by atoms with Crippen LogP contribution in [0.2, 0.25) is 5.02 Å². The Bertz CT molecular complexity index is 996. The normalized spacial score (nSPS) is 14.6. The van der Waals surface area contributed by atoms with E-state index >= 15 is 0 Å². The molecule has 2 N–H and O–H groups in total. The smallest absolute Gasteiger partial charge is 0.347 e. The number of carbonyl (C=O) groups is 2. The fraction of sp³-hybridized carbons (Fsp3) is 0.462. The van der Waals surface area contributed by atoms with Crippen LogP contribution in [0.5, 0.6) is 5.75 Å². The molecule has 1 aliphatic heterocycles. The summed E-state index contributed by atoms with van der Waals surface area (Å²) in [6.07, 6.45) is 4.06. The molecule has 2 aromatic rings. The van der Waals surface area contributed by atoms with E-state index in [1.165, 1.54) is 20.3 Å². The molecule has 1 aliphatic rings. The van der Waals surface area contributed by atoms with Crippen LogP contribution in [-0.2, 0) is 11.2 Å². The van der Waals surface area contributed by atoms with Crippen LogP contribution in [0.15, 0.2) is 42.5 Å². The summed E-state index contributed by atoms with van der Waals surface area (Å²) in [4.78, 5) is 26.8. The van der Waals surface area contributed by atoms with Crippen LogP contribution in [0.25, 0.3) is 0 Å². The van der Waals surface area contributed by atoms with E-state index in [1.54, 1.807) is 18.2 Å². The predicted octanol–water partition coefficient (Wildman–Crippen LogP) is 5.32. The van der Waals surface area contributed by atoms with Gasteiger partial charge in [-0.1, -0.05) is 23.7 Å². The molecule has 0 unspecified atom stereocenters. The first-order valence-corrected chi connectivity index (χ1v) is 11.7. The number of nitrogens with zero attached hydrogens (tertiary/aromatic N) is 1. The lowest BCUT2D eigenvalue weighted by atomic mass is 9.94. The molecule has 0 atom stereocenters. The minimum atomic E-state index is -1.31. The fourth-order valence-corrected chi connectivity index (χ4v) is 4.22. The molecule has 0 aliphatic carbocycles. The molecule has 0 bridgehead atoms. The molecular formula is C26H33ClN2O4. The van der Waals surface area contributed by atoms with Gasteiger partial charge in [0.2, 0.25) is 0 Å². The van der Waals surface area contributed by atoms with E-state index in [0.717, 1.165) is 37.2 Å². The van der Waals surface area contributed by atoms with Gasteiger partial charge in [0, 0.05) is 29.3 Å². The number of halogens is 1. The number of carboxylic acid groups (broad SMARTS) is 1. The molecule has 2 aromatic carbocycles. The Morgan fingerprint density at radius 1 is 1.03 bits per heavy atom. The number of nitrogens with one attached hydrogen (secondary N) is 1. The third-order valence-electron chi connectivity index (χ3n) is 5.81. The zero-order valence-corrected chi connectivity index (χ0v) is 20.5. The van der Waals surface area contributed by atoms with Gasteiger partial charge in [-0.2, -0.15) is 0 Å². The van der Waals surface area contributed by atoms with Gasteiger partial charge in [0.05, 0.1) is 5.56 Å². The second-order valence-corrected chi connectivity index (χ2v) is 10.2. The molecule has 1 amide bonds. The largest absolute Gasteiger partial charge is 0.478 e. The number of benzene rings is 2. The van der Waals surface area contributed by atoms with Crippen molar-refractivity contribution in [3.63, 3.8) is 0 Å². The molecule has 1 fully saturated rings. The van der Waals surface area contributed by atoms with Gasteiger partial charge in [0.15, 0.2) is 5.60 Å². The van der Waals surface area contributed by atoms with Crippen molar-refractivity contribution in [1.82, 2.24) is 5.32 Å². The first-order chi connectivity index (χ1) is 15.5. The van der Waals surface area contributed by atoms with Crippen molar-refractivity contribution in [3.8, 4) is 5.75 Å². The van der Waals surface area contributed by atoms with Gasteiger partial charge in [0.1, 0.15) is 5.75 Å². The highest BCUT2D eigenvalue weighted by Gasteiger charge is 2.29. The molecule has 33 heavy (non-hydrogen) atoms. The van der Waals surface area contributed by atoms with Gasteiger partial charge in [-0.05, 0) is 89.3 Å². The first kappa shape index (κ1) is 24.9. The maximum atomic E-state index is 13.3. The van der Waals surface area contributed by atoms with Gasteiger partial charge in [-0.3, -0.25) is 4.79 Å². The SMILES string of the molecule is CC(C)(Cc1ccc(OC(C)(C)C(=O)O)cc1)NC(=O)c1cc(Cl)ccc1N1CCCCC1. The topological polar surface area (TPSA) is 78.9 Å². The van der Waals surface area contributed by atoms with E-state index in [9.17, 15) is 14.7 Å². The monoisotopic (exact) mass is 472 g/mol. The summed E-state index contributed by atoms with van der Waals surface area (Å²) < 4.78 is 5.57. The van der Waals surface area contributed by atoms with Crippen LogP contribution in [0.1, 0.15) is 62.9 Å². The van der Waals surface area contributed by atoms with Crippen LogP contribution in [0, 0.1) is 0 Å². The Balaban J connectivity index is 1.70. The minimum absolute atomic E-state index is 0.147. The Hall–Kier alpha value is -2.73. The lowest BCUT2D eigenvalue weighted by molar-refractivity contribution is -0.152. The second kappa shape index (κ2) is 10.0. The number of hydrogen-bond acceptors (Lipinski definition) is 4. The van der Waals surface area contributed by atoms with Gasteiger partial charge >= 0.3 is 5.97 Å². The van der Waals surface area contributed by atoms with Crippen molar-refractivity contribution in [3.05, 3.63) is 58.6 Å². The number of hydrogen-bond donors (Lipinski definition) is 2. The standard InChI is InChI=1S/C26H33ClN2O4/c1-25(2,17-18-8-11-20(12-9-18)33-26(3,4)24(31)32)28-23(30)21-16-19(27)10-13-22(21)29-14-6-5-7-15-29/h8-13,16H,5-7,14-15,17H2,1-4H3,(H,28,30)(H,31,32). The van der Waals surface area contributed by atoms with E-state index in [1.807, 2.05) is 38.1 Å². The molecule has 3 rings (SSSR count). The highest BCUT2D eigenvalue weighted by Crippen LogP contribution is 2.28. The summed E-state index contributed by atoms with van der Waals surface area (Å²) in [5.74, 6) is -0.690. The van der Waals surface area contributed by atoms with Gasteiger partial charge in [-0.25, -0.2) is 4.79 Å². The minimum Gasteiger partial charge on any atom is -0.478 e. The third-order valence-corrected chi connectivity index (χ3v) is 6.04. The van der Waals surface area contributed by atoms with Crippen LogP contribution >= 0.6 is 11.6 Å². The average molecular weight is 473 g/mol. The van der Waals surface area contributed by atoms with Crippen molar-refractivity contribution in [1.29, 1.82) is 0 Å². The molecule has 6 nitrogen and oxygen atoms in total. The van der Waals surface area contributed by atoms with Gasteiger partial charge in [-0.15, -0.1) is 0 Å².